The molecule has 0 radical (unpaired) electrons. The molecular weight excluding hydrogens is 290 g/mol. The van der Waals surface area contributed by atoms with Crippen LogP contribution in [0.2, 0.25) is 0 Å². The molecule has 1 saturated carbocycles. The van der Waals surface area contributed by atoms with Crippen molar-refractivity contribution in [2.24, 2.45) is 13.0 Å². The maximum atomic E-state index is 12.5. The van der Waals surface area contributed by atoms with E-state index >= 15 is 0 Å². The van der Waals surface area contributed by atoms with E-state index in [1.54, 1.807) is 18.6 Å². The number of nitrogens with one attached hydrogen (secondary N) is 1. The summed E-state index contributed by atoms with van der Waals surface area (Å²) >= 11 is 0. The number of rotatable bonds is 3. The van der Waals surface area contributed by atoms with E-state index in [-0.39, 0.29) is 11.9 Å². The molecular formula is C17H23N5O. The normalized spacial score (nSPS) is 21.2. The quantitative estimate of drug-likeness (QED) is 0.945. The second-order valence-electron chi connectivity index (χ2n) is 6.54. The Hall–Kier alpha value is -2.24. The van der Waals surface area contributed by atoms with Gasteiger partial charge in [0.05, 0.1) is 12.5 Å². The van der Waals surface area contributed by atoms with Crippen LogP contribution in [0.4, 0.5) is 0 Å². The van der Waals surface area contributed by atoms with E-state index in [0.717, 1.165) is 30.1 Å². The average Bonchev–Trinajstić information content (AvgIpc) is 2.95. The Morgan fingerprint density at radius 2 is 2.00 bits per heavy atom. The molecule has 2 aromatic rings. The van der Waals surface area contributed by atoms with Gasteiger partial charge >= 0.3 is 0 Å². The van der Waals surface area contributed by atoms with Crippen LogP contribution in [-0.2, 0) is 7.05 Å². The van der Waals surface area contributed by atoms with Crippen LogP contribution in [0.5, 0.6) is 0 Å². The molecule has 0 unspecified atom stereocenters. The summed E-state index contributed by atoms with van der Waals surface area (Å²) in [7, 11) is 1.89. The van der Waals surface area contributed by atoms with Crippen LogP contribution in [0.15, 0.2) is 18.6 Å². The molecule has 1 amide bonds. The van der Waals surface area contributed by atoms with Crippen molar-refractivity contribution in [3.63, 3.8) is 0 Å². The lowest BCUT2D eigenvalue weighted by Gasteiger charge is -2.26. The van der Waals surface area contributed by atoms with Crippen molar-refractivity contribution in [3.05, 3.63) is 30.0 Å². The molecule has 0 bridgehead atoms. The lowest BCUT2D eigenvalue weighted by molar-refractivity contribution is 0.0917. The molecule has 0 aromatic carbocycles. The molecule has 6 heteroatoms. The zero-order chi connectivity index (χ0) is 16.4. The van der Waals surface area contributed by atoms with Gasteiger partial charge in [0.2, 0.25) is 0 Å². The fourth-order valence-electron chi connectivity index (χ4n) is 3.04. The van der Waals surface area contributed by atoms with Gasteiger partial charge in [0.25, 0.3) is 5.91 Å². The van der Waals surface area contributed by atoms with E-state index in [1.165, 1.54) is 12.8 Å². The van der Waals surface area contributed by atoms with E-state index in [2.05, 4.69) is 27.2 Å². The monoisotopic (exact) mass is 313 g/mol. The van der Waals surface area contributed by atoms with Crippen molar-refractivity contribution in [2.45, 2.75) is 45.6 Å². The lowest BCUT2D eigenvalue weighted by Crippen LogP contribution is -2.37. The Morgan fingerprint density at radius 3 is 2.65 bits per heavy atom. The van der Waals surface area contributed by atoms with E-state index in [1.807, 2.05) is 18.5 Å². The minimum Gasteiger partial charge on any atom is -0.348 e. The molecule has 2 aromatic heterocycles. The first-order valence-corrected chi connectivity index (χ1v) is 8.16. The highest BCUT2D eigenvalue weighted by atomic mass is 16.1. The molecule has 1 aliphatic carbocycles. The molecule has 1 fully saturated rings. The van der Waals surface area contributed by atoms with Crippen molar-refractivity contribution < 1.29 is 4.79 Å². The molecule has 6 nitrogen and oxygen atoms in total. The van der Waals surface area contributed by atoms with E-state index < -0.39 is 0 Å². The molecule has 2 heterocycles. The van der Waals surface area contributed by atoms with Crippen molar-refractivity contribution in [1.82, 2.24) is 24.8 Å². The van der Waals surface area contributed by atoms with Gasteiger partial charge in [-0.15, -0.1) is 0 Å². The fraction of sp³-hybridized carbons (Fsp3) is 0.529. The highest BCUT2D eigenvalue weighted by Crippen LogP contribution is 2.23. The van der Waals surface area contributed by atoms with Crippen LogP contribution in [0.1, 0.15) is 48.8 Å². The molecule has 1 N–H and O–H groups in total. The third-order valence-electron chi connectivity index (χ3n) is 4.48. The Labute approximate surface area is 136 Å². The van der Waals surface area contributed by atoms with Gasteiger partial charge < -0.3 is 9.88 Å². The second kappa shape index (κ2) is 6.48. The second-order valence-corrected chi connectivity index (χ2v) is 6.54. The Bertz CT molecular complexity index is 701. The summed E-state index contributed by atoms with van der Waals surface area (Å²) in [6.45, 7) is 4.15. The molecule has 0 spiro atoms. The predicted octanol–water partition coefficient (Wildman–Crippen LogP) is 2.49. The van der Waals surface area contributed by atoms with Crippen LogP contribution in [0.25, 0.3) is 11.5 Å². The van der Waals surface area contributed by atoms with Gasteiger partial charge in [-0.3, -0.25) is 4.79 Å². The molecule has 0 aliphatic heterocycles. The first kappa shape index (κ1) is 15.6. The number of carbonyl (C=O) groups is 1. The van der Waals surface area contributed by atoms with E-state index in [9.17, 15) is 4.79 Å². The predicted molar refractivity (Wildman–Crippen MR) is 87.9 cm³/mol. The first-order chi connectivity index (χ1) is 11.0. The minimum absolute atomic E-state index is 0.113. The van der Waals surface area contributed by atoms with Crippen LogP contribution < -0.4 is 5.32 Å². The zero-order valence-electron chi connectivity index (χ0n) is 13.9. The summed E-state index contributed by atoms with van der Waals surface area (Å²) in [5, 5.41) is 3.12. The zero-order valence-corrected chi connectivity index (χ0v) is 13.9. The summed E-state index contributed by atoms with van der Waals surface area (Å²) in [6, 6.07) is 2.00. The maximum Gasteiger partial charge on any atom is 0.270 e. The smallest absolute Gasteiger partial charge is 0.270 e. The Balaban J connectivity index is 1.78. The van der Waals surface area contributed by atoms with Crippen LogP contribution >= 0.6 is 0 Å². The van der Waals surface area contributed by atoms with Gasteiger partial charge in [0, 0.05) is 18.8 Å². The topological polar surface area (TPSA) is 72.7 Å². The van der Waals surface area contributed by atoms with Crippen molar-refractivity contribution in [1.29, 1.82) is 0 Å². The molecule has 23 heavy (non-hydrogen) atoms. The third-order valence-corrected chi connectivity index (χ3v) is 4.48. The molecule has 1 aliphatic rings. The summed E-state index contributed by atoms with van der Waals surface area (Å²) in [4.78, 5) is 25.5. The highest BCUT2D eigenvalue weighted by Gasteiger charge is 2.21. The highest BCUT2D eigenvalue weighted by molar-refractivity contribution is 5.92. The third kappa shape index (κ3) is 3.57. The number of hydrogen-bond acceptors (Lipinski definition) is 4. The van der Waals surface area contributed by atoms with Crippen LogP contribution in [-0.4, -0.2) is 31.5 Å². The number of imidazole rings is 1. The number of amides is 1. The van der Waals surface area contributed by atoms with Gasteiger partial charge in [-0.2, -0.15) is 0 Å². The average molecular weight is 313 g/mol. The Morgan fingerprint density at radius 1 is 1.26 bits per heavy atom. The lowest BCUT2D eigenvalue weighted by atomic mass is 9.87. The number of carbonyl (C=O) groups excluding carboxylic acids is 1. The van der Waals surface area contributed by atoms with Gasteiger partial charge in [-0.05, 0) is 44.6 Å². The summed E-state index contributed by atoms with van der Waals surface area (Å²) in [5.74, 6) is 1.19. The van der Waals surface area contributed by atoms with E-state index in [4.69, 9.17) is 0 Å². The largest absolute Gasteiger partial charge is 0.348 e. The Kier molecular flexibility index (Phi) is 4.41. The summed E-state index contributed by atoms with van der Waals surface area (Å²) in [5.41, 5.74) is 2.00. The van der Waals surface area contributed by atoms with Crippen molar-refractivity contribution in [2.75, 3.05) is 0 Å². The fourth-order valence-corrected chi connectivity index (χ4v) is 3.04. The molecule has 3 rings (SSSR count). The first-order valence-electron chi connectivity index (χ1n) is 8.16. The molecule has 0 saturated heterocycles. The number of aryl methyl sites for hydroxylation is 2. The summed E-state index contributed by atoms with van der Waals surface area (Å²) < 4.78 is 1.85. The number of nitrogens with zero attached hydrogens (tertiary/aromatic N) is 4. The van der Waals surface area contributed by atoms with Gasteiger partial charge in [0.15, 0.2) is 5.82 Å². The SMILES string of the molecule is Cc1cc(C(=O)NC2CCC(C)CC2)nc(-c2cncn2C)n1. The van der Waals surface area contributed by atoms with Crippen LogP contribution in [0.3, 0.4) is 0 Å². The van der Waals surface area contributed by atoms with Gasteiger partial charge in [-0.1, -0.05) is 6.92 Å². The van der Waals surface area contributed by atoms with Crippen molar-refractivity contribution in [3.8, 4) is 11.5 Å². The molecule has 122 valence electrons. The summed E-state index contributed by atoms with van der Waals surface area (Å²) in [6.07, 6.45) is 7.85. The number of hydrogen-bond donors (Lipinski definition) is 1. The van der Waals surface area contributed by atoms with Crippen molar-refractivity contribution >= 4 is 5.91 Å². The molecule has 0 atom stereocenters. The minimum atomic E-state index is -0.113. The number of aromatic nitrogens is 4. The van der Waals surface area contributed by atoms with Gasteiger partial charge in [0.1, 0.15) is 11.4 Å². The van der Waals surface area contributed by atoms with Gasteiger partial charge in [-0.25, -0.2) is 15.0 Å². The maximum absolute atomic E-state index is 12.5. The standard InChI is InChI=1S/C17H23N5O/c1-11-4-6-13(7-5-11)20-17(23)14-8-12(2)19-16(21-14)15-9-18-10-22(15)3/h8-11,13H,4-7H2,1-3H3,(H,20,23). The van der Waals surface area contributed by atoms with E-state index in [0.29, 0.717) is 11.5 Å². The van der Waals surface area contributed by atoms with Crippen LogP contribution in [0, 0.1) is 12.8 Å².